The van der Waals surface area contributed by atoms with Crippen LogP contribution in [-0.2, 0) is 19.1 Å². The number of carbonyl (C=O) groups excluding carboxylic acids is 2. The van der Waals surface area contributed by atoms with Crippen molar-refractivity contribution in [2.24, 2.45) is 74.2 Å². The van der Waals surface area contributed by atoms with Gasteiger partial charge in [-0.2, -0.15) is 0 Å². The van der Waals surface area contributed by atoms with Crippen LogP contribution in [0.5, 0.6) is 0 Å². The van der Waals surface area contributed by atoms with Crippen molar-refractivity contribution in [2.75, 3.05) is 0 Å². The number of fused-ring (bicyclic) bond motifs is 7. The Hall–Kier alpha value is -1.36. The summed E-state index contributed by atoms with van der Waals surface area (Å²) in [5, 5.41) is 0. The molecule has 0 radical (unpaired) electrons. The van der Waals surface area contributed by atoms with E-state index in [0.717, 1.165) is 42.9 Å². The highest BCUT2D eigenvalue weighted by molar-refractivity contribution is 6.00. The van der Waals surface area contributed by atoms with Crippen LogP contribution < -0.4 is 5.73 Å². The Balaban J connectivity index is 1.25. The van der Waals surface area contributed by atoms with E-state index in [9.17, 15) is 9.59 Å². The van der Waals surface area contributed by atoms with Crippen LogP contribution >= 0.6 is 0 Å². The molecule has 9 atom stereocenters. The number of esters is 2. The molecule has 48 heavy (non-hydrogen) atoms. The molecule has 5 fully saturated rings. The van der Waals surface area contributed by atoms with Gasteiger partial charge in [-0.25, -0.2) is 0 Å². The second-order valence-electron chi connectivity index (χ2n) is 20.2. The van der Waals surface area contributed by atoms with Gasteiger partial charge in [-0.3, -0.25) is 9.59 Å². The van der Waals surface area contributed by atoms with Crippen LogP contribution in [0.15, 0.2) is 11.6 Å². The van der Waals surface area contributed by atoms with Gasteiger partial charge in [0.25, 0.3) is 0 Å². The number of hydrogen-bond donors (Lipinski definition) is 1. The van der Waals surface area contributed by atoms with E-state index in [0.29, 0.717) is 41.4 Å². The molecule has 0 bridgehead atoms. The van der Waals surface area contributed by atoms with Gasteiger partial charge in [0.15, 0.2) is 5.41 Å². The van der Waals surface area contributed by atoms with E-state index in [1.165, 1.54) is 51.4 Å². The van der Waals surface area contributed by atoms with Crippen LogP contribution in [0.4, 0.5) is 0 Å². The molecule has 0 saturated heterocycles. The van der Waals surface area contributed by atoms with Gasteiger partial charge in [-0.05, 0) is 174 Å². The molecule has 9 unspecified atom stereocenters. The molecule has 272 valence electrons. The number of allylic oxidation sites excluding steroid dienone is 2. The molecule has 0 aromatic carbocycles. The van der Waals surface area contributed by atoms with Crippen LogP contribution in [0.1, 0.15) is 160 Å². The van der Waals surface area contributed by atoms with Gasteiger partial charge in [0.2, 0.25) is 0 Å². The quantitative estimate of drug-likeness (QED) is 0.174. The zero-order chi connectivity index (χ0) is 35.2. The van der Waals surface area contributed by atoms with Gasteiger partial charge >= 0.3 is 11.9 Å². The SMILES string of the molecule is CC(C)OC(=O)C1(C(=O)OC(C)C)CCC(C2=CCC3(C)C(CCC4(C)C3CCC3C5C(C(C)C)CCC5(N)CCC34C)C2(C)C)CC1. The standard InChI is InChI=1S/C43H71NO4/c1-26(2)30-16-23-43(44)25-24-40(10)32(35(30)43)12-13-34-39(9)19-17-31(38(7,8)33(39)18-20-41(34,40)11)29-14-21-42(22-15-29,36(45)47-27(3)4)37(46)48-28(5)6/h17,26-30,32-35H,12-16,18-25,44H2,1-11H3. The van der Waals surface area contributed by atoms with Crippen LogP contribution in [0, 0.1) is 68.5 Å². The number of nitrogens with two attached hydrogens (primary N) is 1. The van der Waals surface area contributed by atoms with Gasteiger partial charge < -0.3 is 15.2 Å². The average Bonchev–Trinajstić information content (AvgIpc) is 3.34. The molecule has 0 aromatic heterocycles. The van der Waals surface area contributed by atoms with E-state index >= 15 is 0 Å². The third-order valence-electron chi connectivity index (χ3n) is 16.8. The summed E-state index contributed by atoms with van der Waals surface area (Å²) in [6, 6.07) is 0. The fourth-order valence-electron chi connectivity index (χ4n) is 14.3. The Morgan fingerprint density at radius 2 is 1.31 bits per heavy atom. The molecule has 6 aliphatic carbocycles. The number of carbonyl (C=O) groups is 2. The lowest BCUT2D eigenvalue weighted by Crippen LogP contribution is -2.67. The highest BCUT2D eigenvalue weighted by atomic mass is 16.6. The number of ether oxygens (including phenoxy) is 2. The summed E-state index contributed by atoms with van der Waals surface area (Å²) in [5.41, 5.74) is 8.87. The van der Waals surface area contributed by atoms with Gasteiger partial charge in [-0.1, -0.05) is 60.1 Å². The van der Waals surface area contributed by atoms with Crippen molar-refractivity contribution in [1.29, 1.82) is 0 Å². The minimum Gasteiger partial charge on any atom is -0.462 e. The highest BCUT2D eigenvalue weighted by Gasteiger charge is 2.70. The molecule has 6 aliphatic rings. The molecule has 5 saturated carbocycles. The molecule has 0 heterocycles. The van der Waals surface area contributed by atoms with E-state index in [-0.39, 0.29) is 28.6 Å². The topological polar surface area (TPSA) is 78.6 Å². The van der Waals surface area contributed by atoms with Crippen molar-refractivity contribution < 1.29 is 19.1 Å². The smallest absolute Gasteiger partial charge is 0.323 e. The predicted molar refractivity (Wildman–Crippen MR) is 194 cm³/mol. The maximum absolute atomic E-state index is 13.5. The highest BCUT2D eigenvalue weighted by Crippen LogP contribution is 2.76. The van der Waals surface area contributed by atoms with Crippen molar-refractivity contribution in [1.82, 2.24) is 0 Å². The second-order valence-corrected chi connectivity index (χ2v) is 20.2. The lowest BCUT2D eigenvalue weighted by Gasteiger charge is -2.72. The summed E-state index contributed by atoms with van der Waals surface area (Å²) in [5.74, 6) is 3.90. The first-order valence-corrected chi connectivity index (χ1v) is 20.2. The van der Waals surface area contributed by atoms with Gasteiger partial charge in [0, 0.05) is 5.54 Å². The predicted octanol–water partition coefficient (Wildman–Crippen LogP) is 10.1. The Morgan fingerprint density at radius 1 is 0.708 bits per heavy atom. The van der Waals surface area contributed by atoms with Crippen molar-refractivity contribution in [2.45, 2.75) is 177 Å². The summed E-state index contributed by atoms with van der Waals surface area (Å²) in [6.45, 7) is 25.5. The molecule has 5 nitrogen and oxygen atoms in total. The first-order valence-electron chi connectivity index (χ1n) is 20.2. The maximum Gasteiger partial charge on any atom is 0.323 e. The van der Waals surface area contributed by atoms with Crippen LogP contribution in [0.2, 0.25) is 0 Å². The van der Waals surface area contributed by atoms with Gasteiger partial charge in [-0.15, -0.1) is 0 Å². The van der Waals surface area contributed by atoms with Crippen LogP contribution in [-0.4, -0.2) is 29.7 Å². The fourth-order valence-corrected chi connectivity index (χ4v) is 14.3. The molecule has 0 spiro atoms. The maximum atomic E-state index is 13.5. The minimum absolute atomic E-state index is 0.0581. The first-order chi connectivity index (χ1) is 22.3. The van der Waals surface area contributed by atoms with Crippen molar-refractivity contribution in [3.63, 3.8) is 0 Å². The fraction of sp³-hybridized carbons (Fsp3) is 0.907. The van der Waals surface area contributed by atoms with Crippen molar-refractivity contribution in [3.05, 3.63) is 11.6 Å². The normalized spacial score (nSPS) is 43.6. The Morgan fingerprint density at radius 3 is 1.88 bits per heavy atom. The molecule has 0 amide bonds. The lowest BCUT2D eigenvalue weighted by molar-refractivity contribution is -0.221. The number of rotatable bonds is 6. The third-order valence-corrected chi connectivity index (χ3v) is 16.8. The first kappa shape index (κ1) is 36.4. The van der Waals surface area contributed by atoms with Gasteiger partial charge in [0.05, 0.1) is 12.2 Å². The molecule has 0 aliphatic heterocycles. The Kier molecular flexibility index (Phi) is 9.20. The zero-order valence-electron chi connectivity index (χ0n) is 32.7. The summed E-state index contributed by atoms with van der Waals surface area (Å²) >= 11 is 0. The summed E-state index contributed by atoms with van der Waals surface area (Å²) in [4.78, 5) is 26.9. The summed E-state index contributed by atoms with van der Waals surface area (Å²) < 4.78 is 11.4. The zero-order valence-corrected chi connectivity index (χ0v) is 32.7. The number of hydrogen-bond acceptors (Lipinski definition) is 5. The summed E-state index contributed by atoms with van der Waals surface area (Å²) in [6.07, 6.45) is 16.4. The van der Waals surface area contributed by atoms with E-state index in [2.05, 4.69) is 54.5 Å². The van der Waals surface area contributed by atoms with E-state index in [4.69, 9.17) is 15.2 Å². The third kappa shape index (κ3) is 5.22. The Bertz CT molecular complexity index is 1270. The second kappa shape index (κ2) is 12.1. The van der Waals surface area contributed by atoms with Crippen LogP contribution in [0.3, 0.4) is 0 Å². The molecular weight excluding hydrogens is 594 g/mol. The van der Waals surface area contributed by atoms with Gasteiger partial charge in [0.1, 0.15) is 0 Å². The van der Waals surface area contributed by atoms with E-state index in [1.807, 2.05) is 27.7 Å². The monoisotopic (exact) mass is 666 g/mol. The van der Waals surface area contributed by atoms with Crippen LogP contribution in [0.25, 0.3) is 0 Å². The molecule has 0 aromatic rings. The Labute approximate surface area is 293 Å². The largest absolute Gasteiger partial charge is 0.462 e. The molecule has 2 N–H and O–H groups in total. The van der Waals surface area contributed by atoms with Crippen molar-refractivity contribution in [3.8, 4) is 0 Å². The van der Waals surface area contributed by atoms with E-state index < -0.39 is 17.4 Å². The molecule has 5 heteroatoms. The molecule has 6 rings (SSSR count). The lowest BCUT2D eigenvalue weighted by atomic mass is 9.32. The molecular formula is C43H71NO4. The summed E-state index contributed by atoms with van der Waals surface area (Å²) in [7, 11) is 0. The average molecular weight is 666 g/mol. The minimum atomic E-state index is -1.19. The van der Waals surface area contributed by atoms with Crippen molar-refractivity contribution >= 4 is 11.9 Å². The van der Waals surface area contributed by atoms with E-state index in [1.54, 1.807) is 5.57 Å².